The van der Waals surface area contributed by atoms with Crippen LogP contribution in [0.2, 0.25) is 10.0 Å². The largest absolute Gasteiger partial charge is 0.469 e. The first-order valence-electron chi connectivity index (χ1n) is 12.7. The van der Waals surface area contributed by atoms with Crippen molar-refractivity contribution in [2.45, 2.75) is 38.6 Å². The zero-order valence-electron chi connectivity index (χ0n) is 21.7. The summed E-state index contributed by atoms with van der Waals surface area (Å²) in [6.45, 7) is 6.90. The summed E-state index contributed by atoms with van der Waals surface area (Å²) in [7, 11) is 1.36. The summed E-state index contributed by atoms with van der Waals surface area (Å²) in [6.07, 6.45) is 1.86. The zero-order chi connectivity index (χ0) is 26.9. The Kier molecular flexibility index (Phi) is 7.56. The van der Waals surface area contributed by atoms with E-state index in [2.05, 4.69) is 24.1 Å². The van der Waals surface area contributed by atoms with Crippen molar-refractivity contribution in [1.82, 2.24) is 24.8 Å². The van der Waals surface area contributed by atoms with Crippen LogP contribution in [0.1, 0.15) is 32.5 Å². The summed E-state index contributed by atoms with van der Waals surface area (Å²) in [4.78, 5) is 29.2. The molecule has 0 aliphatic carbocycles. The van der Waals surface area contributed by atoms with Gasteiger partial charge in [-0.15, -0.1) is 0 Å². The highest BCUT2D eigenvalue weighted by Crippen LogP contribution is 2.36. The molecule has 5 rings (SSSR count). The number of esters is 1. The molecule has 1 aliphatic heterocycles. The molecule has 0 bridgehead atoms. The van der Waals surface area contributed by atoms with E-state index in [1.54, 1.807) is 0 Å². The molecule has 4 aromatic rings. The van der Waals surface area contributed by atoms with Crippen molar-refractivity contribution in [2.24, 2.45) is 0 Å². The lowest BCUT2D eigenvalue weighted by Gasteiger charge is -2.40. The van der Waals surface area contributed by atoms with Gasteiger partial charge in [-0.3, -0.25) is 9.36 Å². The van der Waals surface area contributed by atoms with Crippen molar-refractivity contribution >= 4 is 46.2 Å². The summed E-state index contributed by atoms with van der Waals surface area (Å²) in [5.41, 5.74) is 2.89. The number of halogens is 2. The number of piperidine rings is 1. The van der Waals surface area contributed by atoms with E-state index in [-0.39, 0.29) is 12.0 Å². The van der Waals surface area contributed by atoms with Crippen LogP contribution in [0.5, 0.6) is 0 Å². The minimum atomic E-state index is -0.405. The number of fused-ring (bicyclic) bond motifs is 1. The fourth-order valence-electron chi connectivity index (χ4n) is 4.96. The van der Waals surface area contributed by atoms with Crippen LogP contribution in [0.3, 0.4) is 0 Å². The Morgan fingerprint density at radius 2 is 1.76 bits per heavy atom. The molecule has 38 heavy (non-hydrogen) atoms. The molecule has 1 fully saturated rings. The van der Waals surface area contributed by atoms with E-state index in [1.165, 1.54) is 7.11 Å². The molecule has 198 valence electrons. The maximum absolute atomic E-state index is 12.2. The van der Waals surface area contributed by atoms with Gasteiger partial charge < -0.3 is 15.0 Å². The summed E-state index contributed by atoms with van der Waals surface area (Å²) in [5.74, 6) is 1.30. The van der Waals surface area contributed by atoms with Crippen molar-refractivity contribution in [2.75, 3.05) is 31.6 Å². The maximum atomic E-state index is 12.2. The molecule has 0 saturated carbocycles. The van der Waals surface area contributed by atoms with Crippen LogP contribution in [0.15, 0.2) is 48.5 Å². The molecule has 0 radical (unpaired) electrons. The Morgan fingerprint density at radius 1 is 1.05 bits per heavy atom. The highest BCUT2D eigenvalue weighted by atomic mass is 35.5. The third kappa shape index (κ3) is 5.21. The van der Waals surface area contributed by atoms with E-state index in [4.69, 9.17) is 42.9 Å². The fourth-order valence-corrected chi connectivity index (χ4v) is 5.31. The van der Waals surface area contributed by atoms with Crippen LogP contribution in [0.4, 0.5) is 5.82 Å². The number of aromatic nitrogens is 4. The quantitative estimate of drug-likeness (QED) is 0.304. The average Bonchev–Trinajstić information content (AvgIpc) is 3.28. The Morgan fingerprint density at radius 3 is 2.42 bits per heavy atom. The lowest BCUT2D eigenvalue weighted by atomic mass is 9.89. The molecular weight excluding hydrogens is 523 g/mol. The standard InChI is InChI=1S/C28H30Cl2N6O2/c1-4-31-28(2)13-15-35(16-14-28)26-24-27(33-22(32-26)17-23(37)38-3)36(19-11-9-18(29)10-12-19)25(34-24)20-7-5-6-8-21(20)30/h5-12,31H,4,13-17H2,1-3H3. The molecule has 2 aromatic heterocycles. The molecule has 2 aromatic carbocycles. The van der Waals surface area contributed by atoms with Gasteiger partial charge >= 0.3 is 5.97 Å². The lowest BCUT2D eigenvalue weighted by molar-refractivity contribution is -0.139. The van der Waals surface area contributed by atoms with E-state index < -0.39 is 5.97 Å². The first kappa shape index (κ1) is 26.4. The van der Waals surface area contributed by atoms with Crippen molar-refractivity contribution < 1.29 is 9.53 Å². The van der Waals surface area contributed by atoms with Gasteiger partial charge in [0.05, 0.1) is 12.1 Å². The van der Waals surface area contributed by atoms with E-state index in [1.807, 2.05) is 53.1 Å². The lowest BCUT2D eigenvalue weighted by Crippen LogP contribution is -2.51. The first-order chi connectivity index (χ1) is 18.3. The van der Waals surface area contributed by atoms with Crippen molar-refractivity contribution in [3.05, 3.63) is 64.4 Å². The Balaban J connectivity index is 1.73. The monoisotopic (exact) mass is 552 g/mol. The third-order valence-electron chi connectivity index (χ3n) is 7.03. The van der Waals surface area contributed by atoms with Gasteiger partial charge in [0, 0.05) is 34.9 Å². The fraction of sp³-hybridized carbons (Fsp3) is 0.357. The van der Waals surface area contributed by atoms with Gasteiger partial charge in [-0.05, 0) is 62.7 Å². The highest BCUT2D eigenvalue weighted by molar-refractivity contribution is 6.33. The van der Waals surface area contributed by atoms with Gasteiger partial charge in [0.15, 0.2) is 17.0 Å². The van der Waals surface area contributed by atoms with Gasteiger partial charge in [0.25, 0.3) is 0 Å². The number of nitrogens with zero attached hydrogens (tertiary/aromatic N) is 5. The van der Waals surface area contributed by atoms with E-state index >= 15 is 0 Å². The number of carbonyl (C=O) groups is 1. The topological polar surface area (TPSA) is 85.2 Å². The molecule has 1 N–H and O–H groups in total. The normalized spacial score (nSPS) is 15.1. The van der Waals surface area contributed by atoms with Crippen molar-refractivity contribution in [3.8, 4) is 17.1 Å². The van der Waals surface area contributed by atoms with Crippen LogP contribution >= 0.6 is 23.2 Å². The number of carbonyl (C=O) groups excluding carboxylic acids is 1. The number of ether oxygens (including phenoxy) is 1. The molecule has 0 amide bonds. The molecule has 0 spiro atoms. The summed E-state index contributed by atoms with van der Waals surface area (Å²) in [5, 5.41) is 4.81. The van der Waals surface area contributed by atoms with E-state index in [9.17, 15) is 4.79 Å². The summed E-state index contributed by atoms with van der Waals surface area (Å²) >= 11 is 12.9. The number of methoxy groups -OCH3 is 1. The number of hydrogen-bond donors (Lipinski definition) is 1. The summed E-state index contributed by atoms with van der Waals surface area (Å²) in [6, 6.07) is 15.0. The molecule has 0 atom stereocenters. The SMILES string of the molecule is CCNC1(C)CCN(c2nc(CC(=O)OC)nc3c2nc(-c2ccccc2Cl)n3-c2ccc(Cl)cc2)CC1. The Hall–Kier alpha value is -3.20. The number of nitrogens with one attached hydrogen (secondary N) is 1. The van der Waals surface area contributed by atoms with Crippen LogP contribution in [-0.4, -0.2) is 57.8 Å². The predicted octanol–water partition coefficient (Wildman–Crippen LogP) is 5.47. The second-order valence-corrected chi connectivity index (χ2v) is 10.5. The van der Waals surface area contributed by atoms with Crippen molar-refractivity contribution in [1.29, 1.82) is 0 Å². The van der Waals surface area contributed by atoms with Gasteiger partial charge in [-0.1, -0.05) is 42.3 Å². The molecule has 1 aliphatic rings. The highest BCUT2D eigenvalue weighted by Gasteiger charge is 2.32. The molecule has 3 heterocycles. The van der Waals surface area contributed by atoms with Gasteiger partial charge in [-0.25, -0.2) is 15.0 Å². The molecule has 8 nitrogen and oxygen atoms in total. The number of imidazole rings is 1. The summed E-state index contributed by atoms with van der Waals surface area (Å²) < 4.78 is 6.88. The molecule has 0 unspecified atom stereocenters. The number of rotatable bonds is 7. The van der Waals surface area contributed by atoms with Crippen LogP contribution in [0, 0.1) is 0 Å². The number of anilines is 1. The zero-order valence-corrected chi connectivity index (χ0v) is 23.2. The minimum absolute atomic E-state index is 0.0460. The number of benzene rings is 2. The Bertz CT molecular complexity index is 1460. The predicted molar refractivity (Wildman–Crippen MR) is 151 cm³/mol. The Labute approximate surface area is 232 Å². The van der Waals surface area contributed by atoms with Crippen LogP contribution in [0.25, 0.3) is 28.2 Å². The van der Waals surface area contributed by atoms with Gasteiger partial charge in [0.2, 0.25) is 0 Å². The first-order valence-corrected chi connectivity index (χ1v) is 13.4. The van der Waals surface area contributed by atoms with Crippen LogP contribution in [-0.2, 0) is 16.0 Å². The van der Waals surface area contributed by atoms with Gasteiger partial charge in [0.1, 0.15) is 18.1 Å². The third-order valence-corrected chi connectivity index (χ3v) is 7.62. The van der Waals surface area contributed by atoms with E-state index in [0.29, 0.717) is 38.7 Å². The number of hydrogen-bond acceptors (Lipinski definition) is 7. The molecular formula is C28H30Cl2N6O2. The second-order valence-electron chi connectivity index (χ2n) is 9.69. The maximum Gasteiger partial charge on any atom is 0.313 e. The average molecular weight is 553 g/mol. The van der Waals surface area contributed by atoms with E-state index in [0.717, 1.165) is 43.7 Å². The second kappa shape index (κ2) is 10.9. The van der Waals surface area contributed by atoms with Crippen LogP contribution < -0.4 is 10.2 Å². The van der Waals surface area contributed by atoms with Gasteiger partial charge in [-0.2, -0.15) is 0 Å². The minimum Gasteiger partial charge on any atom is -0.469 e. The smallest absolute Gasteiger partial charge is 0.313 e. The molecule has 10 heteroatoms. The van der Waals surface area contributed by atoms with Crippen molar-refractivity contribution in [3.63, 3.8) is 0 Å². The molecule has 1 saturated heterocycles.